The van der Waals surface area contributed by atoms with E-state index in [9.17, 15) is 76.6 Å². The molecule has 5 aliphatic heterocycles. The van der Waals surface area contributed by atoms with Crippen LogP contribution in [0.3, 0.4) is 0 Å². The second-order valence-electron chi connectivity index (χ2n) is 23.9. The molecule has 31 atom stereocenters. The van der Waals surface area contributed by atoms with Crippen molar-refractivity contribution < 1.29 is 119 Å². The van der Waals surface area contributed by atoms with Gasteiger partial charge in [-0.1, -0.05) is 39.3 Å². The van der Waals surface area contributed by atoms with Gasteiger partial charge in [-0.05, 0) is 87.4 Å². The van der Waals surface area contributed by atoms with Crippen LogP contribution in [0.1, 0.15) is 92.4 Å². The van der Waals surface area contributed by atoms with E-state index in [1.54, 1.807) is 0 Å². The minimum atomic E-state index is -1.87. The molecule has 0 aromatic heterocycles. The maximum absolute atomic E-state index is 12.9. The third kappa shape index (κ3) is 10.0. The SMILES string of the molecule is CC(CCC1(O)OC2CC3C4CC=C5CC(OC6OC(CO)C(OC7OC(CO)C(O)C(O)C7O)C(O)C6OC6OC(C)C(O)C(O)C6O)CCC5(C)C4CCC3(C)C2(O)C1C)COC1OC(CO)C(O)C(O)C1O. The molecule has 0 amide bonds. The zero-order chi connectivity index (χ0) is 54.4. The van der Waals surface area contributed by atoms with Crippen molar-refractivity contribution in [2.24, 2.45) is 40.4 Å². The highest BCUT2D eigenvalue weighted by atomic mass is 16.8. The smallest absolute Gasteiger partial charge is 0.187 e. The molecule has 24 nitrogen and oxygen atoms in total. The number of allylic oxidation sites excluding steroid dienone is 1. The first-order chi connectivity index (χ1) is 35.4. The fraction of sp³-hybridized carbons (Fsp3) is 0.961. The first kappa shape index (κ1) is 58.4. The second-order valence-corrected chi connectivity index (χ2v) is 23.9. The van der Waals surface area contributed by atoms with Gasteiger partial charge in [0.2, 0.25) is 0 Å². The van der Waals surface area contributed by atoms with Crippen LogP contribution >= 0.6 is 0 Å². The summed E-state index contributed by atoms with van der Waals surface area (Å²) in [6.07, 6.45) is -24.5. The number of fused-ring (bicyclic) bond motifs is 7. The van der Waals surface area contributed by atoms with Gasteiger partial charge in [0.25, 0.3) is 0 Å². The Hall–Kier alpha value is -1.22. The molecule has 0 aromatic rings. The van der Waals surface area contributed by atoms with Crippen LogP contribution in [0, 0.1) is 40.4 Å². The van der Waals surface area contributed by atoms with E-state index in [0.717, 1.165) is 12.8 Å². The van der Waals surface area contributed by atoms with Crippen LogP contribution in [0.5, 0.6) is 0 Å². The molecule has 432 valence electrons. The van der Waals surface area contributed by atoms with Crippen molar-refractivity contribution in [3.8, 4) is 0 Å². The predicted octanol–water partition coefficient (Wildman–Crippen LogP) is -3.89. The van der Waals surface area contributed by atoms with Gasteiger partial charge in [-0.15, -0.1) is 0 Å². The van der Waals surface area contributed by atoms with Crippen molar-refractivity contribution in [3.63, 3.8) is 0 Å². The van der Waals surface area contributed by atoms with Gasteiger partial charge in [-0.25, -0.2) is 0 Å². The molecule has 9 rings (SSSR count). The average molecular weight is 1080 g/mol. The molecule has 5 heterocycles. The molecule has 0 radical (unpaired) electrons. The molecule has 8 fully saturated rings. The first-order valence-electron chi connectivity index (χ1n) is 27.0. The molecule has 0 bridgehead atoms. The van der Waals surface area contributed by atoms with Crippen LogP contribution in [0.2, 0.25) is 0 Å². The Balaban J connectivity index is 0.861. The quantitative estimate of drug-likeness (QED) is 0.0697. The number of hydrogen-bond acceptors (Lipinski definition) is 24. The molecule has 9 aliphatic rings. The van der Waals surface area contributed by atoms with Crippen LogP contribution in [-0.4, -0.2) is 249 Å². The minimum Gasteiger partial charge on any atom is -0.394 e. The molecule has 4 aliphatic carbocycles. The Kier molecular flexibility index (Phi) is 17.3. The van der Waals surface area contributed by atoms with Crippen LogP contribution < -0.4 is 0 Å². The van der Waals surface area contributed by atoms with Crippen molar-refractivity contribution in [1.82, 2.24) is 0 Å². The lowest BCUT2D eigenvalue weighted by Gasteiger charge is -2.59. The van der Waals surface area contributed by atoms with Crippen LogP contribution in [-0.2, 0) is 42.6 Å². The average Bonchev–Trinajstić information content (AvgIpc) is 3.86. The van der Waals surface area contributed by atoms with Crippen LogP contribution in [0.25, 0.3) is 0 Å². The second kappa shape index (κ2) is 22.3. The van der Waals surface area contributed by atoms with Crippen molar-refractivity contribution in [2.75, 3.05) is 26.4 Å². The highest BCUT2D eigenvalue weighted by Gasteiger charge is 2.75. The fourth-order valence-electron chi connectivity index (χ4n) is 14.9. The number of ether oxygens (including phenoxy) is 9. The maximum atomic E-state index is 12.9. The monoisotopic (exact) mass is 1080 g/mol. The predicted molar refractivity (Wildman–Crippen MR) is 252 cm³/mol. The summed E-state index contributed by atoms with van der Waals surface area (Å²) >= 11 is 0. The molecular weight excluding hydrogens is 997 g/mol. The van der Waals surface area contributed by atoms with Gasteiger partial charge in [0, 0.05) is 17.8 Å². The van der Waals surface area contributed by atoms with Crippen molar-refractivity contribution in [2.45, 2.75) is 239 Å². The number of aliphatic hydroxyl groups is 15. The van der Waals surface area contributed by atoms with E-state index in [1.807, 2.05) is 13.8 Å². The van der Waals surface area contributed by atoms with E-state index in [0.29, 0.717) is 38.5 Å². The summed E-state index contributed by atoms with van der Waals surface area (Å²) < 4.78 is 54.1. The lowest BCUT2D eigenvalue weighted by molar-refractivity contribution is -0.389. The van der Waals surface area contributed by atoms with Gasteiger partial charge < -0.3 is 119 Å². The summed E-state index contributed by atoms with van der Waals surface area (Å²) in [6, 6.07) is 0. The molecular formula is C51H84O24. The van der Waals surface area contributed by atoms with Gasteiger partial charge in [0.15, 0.2) is 30.9 Å². The van der Waals surface area contributed by atoms with Gasteiger partial charge in [0.05, 0.1) is 44.7 Å². The van der Waals surface area contributed by atoms with Crippen molar-refractivity contribution >= 4 is 0 Å². The highest BCUT2D eigenvalue weighted by Crippen LogP contribution is 2.71. The van der Waals surface area contributed by atoms with Gasteiger partial charge in [0.1, 0.15) is 97.2 Å². The molecule has 75 heavy (non-hydrogen) atoms. The molecule has 3 saturated carbocycles. The topological polar surface area (TPSA) is 387 Å². The lowest BCUT2D eigenvalue weighted by Crippen LogP contribution is -2.67. The normalized spacial score (nSPS) is 55.3. The molecule has 0 aromatic carbocycles. The minimum absolute atomic E-state index is 0.0763. The summed E-state index contributed by atoms with van der Waals surface area (Å²) in [5, 5.41) is 161. The fourth-order valence-corrected chi connectivity index (χ4v) is 14.9. The van der Waals surface area contributed by atoms with Crippen LogP contribution in [0.15, 0.2) is 11.6 Å². The van der Waals surface area contributed by atoms with E-state index in [-0.39, 0.29) is 42.1 Å². The summed E-state index contributed by atoms with van der Waals surface area (Å²) in [5.41, 5.74) is -0.976. The Morgan fingerprint density at radius 1 is 0.627 bits per heavy atom. The molecule has 0 spiro atoms. The summed E-state index contributed by atoms with van der Waals surface area (Å²) in [6.45, 7) is 7.61. The van der Waals surface area contributed by atoms with Gasteiger partial charge in [-0.2, -0.15) is 0 Å². The number of hydrogen-bond donors (Lipinski definition) is 15. The maximum Gasteiger partial charge on any atom is 0.187 e. The van der Waals surface area contributed by atoms with E-state index in [4.69, 9.17) is 42.6 Å². The molecule has 24 heteroatoms. The Bertz CT molecular complexity index is 1970. The number of rotatable bonds is 15. The van der Waals surface area contributed by atoms with Crippen molar-refractivity contribution in [3.05, 3.63) is 11.6 Å². The molecule has 31 unspecified atom stereocenters. The van der Waals surface area contributed by atoms with E-state index in [2.05, 4.69) is 19.9 Å². The third-order valence-corrected chi connectivity index (χ3v) is 19.8. The highest BCUT2D eigenvalue weighted by molar-refractivity contribution is 5.29. The van der Waals surface area contributed by atoms with E-state index in [1.165, 1.54) is 12.5 Å². The zero-order valence-electron chi connectivity index (χ0n) is 43.2. The van der Waals surface area contributed by atoms with Gasteiger partial charge in [-0.3, -0.25) is 0 Å². The largest absolute Gasteiger partial charge is 0.394 e. The zero-order valence-corrected chi connectivity index (χ0v) is 43.2. The lowest BCUT2D eigenvalue weighted by atomic mass is 9.46. The number of aliphatic hydroxyl groups excluding tert-OH is 13. The molecule has 5 saturated heterocycles. The summed E-state index contributed by atoms with van der Waals surface area (Å²) in [5.74, 6) is -1.92. The van der Waals surface area contributed by atoms with Gasteiger partial charge >= 0.3 is 0 Å². The third-order valence-electron chi connectivity index (χ3n) is 19.8. The first-order valence-corrected chi connectivity index (χ1v) is 27.0. The Morgan fingerprint density at radius 3 is 1.84 bits per heavy atom. The van der Waals surface area contributed by atoms with E-state index >= 15 is 0 Å². The Morgan fingerprint density at radius 2 is 1.20 bits per heavy atom. The summed E-state index contributed by atoms with van der Waals surface area (Å²) in [7, 11) is 0. The van der Waals surface area contributed by atoms with Crippen molar-refractivity contribution in [1.29, 1.82) is 0 Å². The van der Waals surface area contributed by atoms with E-state index < -0.39 is 178 Å². The summed E-state index contributed by atoms with van der Waals surface area (Å²) in [4.78, 5) is 0. The van der Waals surface area contributed by atoms with Crippen LogP contribution in [0.4, 0.5) is 0 Å². The standard InChI is InChI=1S/C51H84O24/c1-20(19-67-44-38(61)36(59)33(56)28(16-52)70-44)8-13-50(65)22(3)51(66)31(75-50)15-27-25-7-6-23-14-24(9-11-48(23,4)26(25)10-12-49(27,51)5)69-47-43(74-45-39(62)35(58)32(55)21(2)68-45)41(64)42(30(18-54)72-47)73-46-40(63)37(60)34(57)29(17-53)71-46/h6,20-22,24-47,52-66H,7-19H2,1-5H3. The molecule has 15 N–H and O–H groups in total. The Labute approximate surface area is 435 Å².